The number of hydrogen-bond acceptors (Lipinski definition) is 5. The fourth-order valence-corrected chi connectivity index (χ4v) is 3.27. The number of thioether (sulfide) groups is 1. The lowest BCUT2D eigenvalue weighted by atomic mass is 10.0. The van der Waals surface area contributed by atoms with Crippen LogP contribution in [0.2, 0.25) is 0 Å². The average Bonchev–Trinajstić information content (AvgIpc) is 2.48. The van der Waals surface area contributed by atoms with Gasteiger partial charge in [0, 0.05) is 30.3 Å². The number of aryl methyl sites for hydroxylation is 2. The van der Waals surface area contributed by atoms with E-state index in [2.05, 4.69) is 23.3 Å². The van der Waals surface area contributed by atoms with E-state index in [-0.39, 0.29) is 5.63 Å². The van der Waals surface area contributed by atoms with Crippen LogP contribution >= 0.6 is 11.8 Å². The molecule has 1 N–H and O–H groups in total. The Morgan fingerprint density at radius 2 is 2.10 bits per heavy atom. The Labute approximate surface area is 127 Å². The van der Waals surface area contributed by atoms with Gasteiger partial charge >= 0.3 is 5.63 Å². The summed E-state index contributed by atoms with van der Waals surface area (Å²) in [6, 6.07) is 5.63. The molecule has 110 valence electrons. The smallest absolute Gasteiger partial charge is 0.336 e. The van der Waals surface area contributed by atoms with Gasteiger partial charge in [-0.3, -0.25) is 4.99 Å². The van der Waals surface area contributed by atoms with E-state index in [0.717, 1.165) is 46.9 Å². The topological polar surface area (TPSA) is 54.6 Å². The first-order valence-electron chi connectivity index (χ1n) is 7.08. The van der Waals surface area contributed by atoms with E-state index in [1.54, 1.807) is 17.8 Å². The molecular formula is C16H18N2O2S. The summed E-state index contributed by atoms with van der Waals surface area (Å²) in [7, 11) is 0. The summed E-state index contributed by atoms with van der Waals surface area (Å²) in [5.74, 6) is 0.719. The van der Waals surface area contributed by atoms with E-state index < -0.39 is 0 Å². The molecule has 1 aromatic heterocycles. The molecule has 5 heteroatoms. The Morgan fingerprint density at radius 1 is 1.29 bits per heavy atom. The van der Waals surface area contributed by atoms with E-state index in [0.29, 0.717) is 5.58 Å². The maximum atomic E-state index is 11.7. The number of hydrogen-bond donors (Lipinski definition) is 1. The predicted molar refractivity (Wildman–Crippen MR) is 88.2 cm³/mol. The molecule has 1 aromatic carbocycles. The third-order valence-electron chi connectivity index (χ3n) is 3.68. The van der Waals surface area contributed by atoms with Gasteiger partial charge in [0.2, 0.25) is 0 Å². The Kier molecular flexibility index (Phi) is 4.01. The SMILES string of the molecule is Cc1cc2oc(=O)cc(CSC3=NCCCN3)c2cc1C. The maximum Gasteiger partial charge on any atom is 0.336 e. The molecular weight excluding hydrogens is 284 g/mol. The largest absolute Gasteiger partial charge is 0.423 e. The summed E-state index contributed by atoms with van der Waals surface area (Å²) in [6.45, 7) is 5.95. The minimum absolute atomic E-state index is 0.292. The van der Waals surface area contributed by atoms with E-state index >= 15 is 0 Å². The number of benzene rings is 1. The zero-order valence-electron chi connectivity index (χ0n) is 12.2. The minimum Gasteiger partial charge on any atom is -0.423 e. The van der Waals surface area contributed by atoms with Crippen LogP contribution in [0.15, 0.2) is 32.4 Å². The number of amidine groups is 1. The molecule has 1 aliphatic heterocycles. The van der Waals surface area contributed by atoms with Crippen LogP contribution in [-0.2, 0) is 5.75 Å². The normalized spacial score (nSPS) is 14.9. The van der Waals surface area contributed by atoms with Gasteiger partial charge in [-0.25, -0.2) is 4.79 Å². The van der Waals surface area contributed by atoms with Gasteiger partial charge in [0.05, 0.1) is 0 Å². The molecule has 0 amide bonds. The first kappa shape index (κ1) is 14.2. The lowest BCUT2D eigenvalue weighted by molar-refractivity contribution is 0.559. The molecule has 0 radical (unpaired) electrons. The monoisotopic (exact) mass is 302 g/mol. The summed E-state index contributed by atoms with van der Waals surface area (Å²) in [5, 5.41) is 5.26. The van der Waals surface area contributed by atoms with Gasteiger partial charge in [0.25, 0.3) is 0 Å². The van der Waals surface area contributed by atoms with Crippen LogP contribution in [0.1, 0.15) is 23.1 Å². The fraction of sp³-hybridized carbons (Fsp3) is 0.375. The van der Waals surface area contributed by atoms with E-state index in [9.17, 15) is 4.79 Å². The molecule has 0 fully saturated rings. The van der Waals surface area contributed by atoms with Crippen molar-refractivity contribution in [3.05, 3.63) is 45.3 Å². The van der Waals surface area contributed by atoms with Crippen molar-refractivity contribution >= 4 is 27.9 Å². The molecule has 0 saturated heterocycles. The summed E-state index contributed by atoms with van der Waals surface area (Å²) in [4.78, 5) is 16.2. The summed E-state index contributed by atoms with van der Waals surface area (Å²) >= 11 is 1.64. The number of nitrogens with one attached hydrogen (secondary N) is 1. The molecule has 0 spiro atoms. The highest BCUT2D eigenvalue weighted by atomic mass is 32.2. The van der Waals surface area contributed by atoms with Gasteiger partial charge in [0.15, 0.2) is 5.17 Å². The van der Waals surface area contributed by atoms with Crippen molar-refractivity contribution in [2.75, 3.05) is 13.1 Å². The Bertz CT molecular complexity index is 765. The van der Waals surface area contributed by atoms with Crippen LogP contribution in [0.4, 0.5) is 0 Å². The quantitative estimate of drug-likeness (QED) is 0.867. The van der Waals surface area contributed by atoms with Crippen LogP contribution in [0.5, 0.6) is 0 Å². The van der Waals surface area contributed by atoms with Crippen molar-refractivity contribution in [3.8, 4) is 0 Å². The molecule has 2 heterocycles. The molecule has 1 aliphatic rings. The molecule has 2 aromatic rings. The maximum absolute atomic E-state index is 11.7. The average molecular weight is 302 g/mol. The molecule has 4 nitrogen and oxygen atoms in total. The van der Waals surface area contributed by atoms with E-state index in [1.807, 2.05) is 13.0 Å². The number of nitrogens with zero attached hydrogens (tertiary/aromatic N) is 1. The van der Waals surface area contributed by atoms with Crippen molar-refractivity contribution in [1.29, 1.82) is 0 Å². The van der Waals surface area contributed by atoms with Crippen molar-refractivity contribution < 1.29 is 4.42 Å². The Balaban J connectivity index is 1.95. The second-order valence-corrected chi connectivity index (χ2v) is 6.24. The zero-order valence-corrected chi connectivity index (χ0v) is 13.0. The van der Waals surface area contributed by atoms with Gasteiger partial charge in [0.1, 0.15) is 5.58 Å². The van der Waals surface area contributed by atoms with Crippen LogP contribution < -0.4 is 10.9 Å². The fourth-order valence-electron chi connectivity index (χ4n) is 2.36. The summed E-state index contributed by atoms with van der Waals surface area (Å²) < 4.78 is 5.32. The summed E-state index contributed by atoms with van der Waals surface area (Å²) in [6.07, 6.45) is 1.08. The molecule has 21 heavy (non-hydrogen) atoms. The second-order valence-electron chi connectivity index (χ2n) is 5.28. The van der Waals surface area contributed by atoms with Crippen molar-refractivity contribution in [2.45, 2.75) is 26.0 Å². The van der Waals surface area contributed by atoms with Gasteiger partial charge in [-0.15, -0.1) is 0 Å². The first-order valence-corrected chi connectivity index (χ1v) is 8.07. The molecule has 0 unspecified atom stereocenters. The molecule has 3 rings (SSSR count). The lowest BCUT2D eigenvalue weighted by Crippen LogP contribution is -2.26. The number of rotatable bonds is 2. The zero-order chi connectivity index (χ0) is 14.8. The predicted octanol–water partition coefficient (Wildman–Crippen LogP) is 2.99. The Hall–Kier alpha value is -1.75. The lowest BCUT2D eigenvalue weighted by Gasteiger charge is -2.14. The van der Waals surface area contributed by atoms with Crippen molar-refractivity contribution in [1.82, 2.24) is 5.32 Å². The van der Waals surface area contributed by atoms with Crippen molar-refractivity contribution in [2.24, 2.45) is 4.99 Å². The molecule has 0 atom stereocenters. The van der Waals surface area contributed by atoms with E-state index in [1.165, 1.54) is 5.56 Å². The third-order valence-corrected chi connectivity index (χ3v) is 4.68. The van der Waals surface area contributed by atoms with Crippen LogP contribution in [0, 0.1) is 13.8 Å². The van der Waals surface area contributed by atoms with Crippen LogP contribution in [-0.4, -0.2) is 18.3 Å². The summed E-state index contributed by atoms with van der Waals surface area (Å²) in [5.41, 5.74) is 3.72. The van der Waals surface area contributed by atoms with Crippen molar-refractivity contribution in [3.63, 3.8) is 0 Å². The third kappa shape index (κ3) is 3.13. The standard InChI is InChI=1S/C16H18N2O2S/c1-10-6-13-12(9-21-16-17-4-3-5-18-16)8-15(19)20-14(13)7-11(10)2/h6-8H,3-5,9H2,1-2H3,(H,17,18). The highest BCUT2D eigenvalue weighted by Crippen LogP contribution is 2.25. The van der Waals surface area contributed by atoms with Gasteiger partial charge in [-0.05, 0) is 49.1 Å². The second kappa shape index (κ2) is 5.93. The Morgan fingerprint density at radius 3 is 2.86 bits per heavy atom. The molecule has 0 saturated carbocycles. The highest BCUT2D eigenvalue weighted by Gasteiger charge is 2.10. The van der Waals surface area contributed by atoms with E-state index in [4.69, 9.17) is 4.42 Å². The minimum atomic E-state index is -0.292. The number of aliphatic imine (C=N–C) groups is 1. The van der Waals surface area contributed by atoms with Crippen LogP contribution in [0.3, 0.4) is 0 Å². The van der Waals surface area contributed by atoms with Gasteiger partial charge in [-0.1, -0.05) is 11.8 Å². The van der Waals surface area contributed by atoms with Crippen LogP contribution in [0.25, 0.3) is 11.0 Å². The molecule has 0 bridgehead atoms. The molecule has 0 aliphatic carbocycles. The highest BCUT2D eigenvalue weighted by molar-refractivity contribution is 8.13. The van der Waals surface area contributed by atoms with Gasteiger partial charge in [-0.2, -0.15) is 0 Å². The van der Waals surface area contributed by atoms with Gasteiger partial charge < -0.3 is 9.73 Å². The first-order chi connectivity index (χ1) is 10.1. The number of fused-ring (bicyclic) bond motifs is 1.